The number of carbonyl (C=O) groups is 1. The van der Waals surface area contributed by atoms with E-state index in [2.05, 4.69) is 11.9 Å². The maximum Gasteiger partial charge on any atom is 0.248 e. The molecular formula is C23H32N2O4S2. The Morgan fingerprint density at radius 1 is 1.23 bits per heavy atom. The van der Waals surface area contributed by atoms with Gasteiger partial charge in [-0.2, -0.15) is 4.99 Å². The highest BCUT2D eigenvalue weighted by molar-refractivity contribution is 8.16. The summed E-state index contributed by atoms with van der Waals surface area (Å²) < 4.78 is 30.4. The van der Waals surface area contributed by atoms with Crippen LogP contribution in [0, 0.1) is 5.92 Å². The first-order valence-electron chi connectivity index (χ1n) is 11.5. The summed E-state index contributed by atoms with van der Waals surface area (Å²) in [6.45, 7) is 2.77. The van der Waals surface area contributed by atoms with Crippen LogP contribution in [0.25, 0.3) is 0 Å². The Labute approximate surface area is 189 Å². The molecule has 4 rings (SSSR count). The molecule has 1 aromatic rings. The largest absolute Gasteiger partial charge is 0.494 e. The normalized spacial score (nSPS) is 26.9. The van der Waals surface area contributed by atoms with Gasteiger partial charge in [0.05, 0.1) is 24.2 Å². The second kappa shape index (κ2) is 9.94. The summed E-state index contributed by atoms with van der Waals surface area (Å²) in [5.74, 6) is 1.34. The fourth-order valence-electron chi connectivity index (χ4n) is 4.71. The number of fused-ring (bicyclic) bond motifs is 1. The number of nitrogens with zero attached hydrogens (tertiary/aromatic N) is 2. The molecule has 3 fully saturated rings. The van der Waals surface area contributed by atoms with Crippen LogP contribution in [-0.4, -0.2) is 48.9 Å². The summed E-state index contributed by atoms with van der Waals surface area (Å²) in [5.41, 5.74) is 0.843. The van der Waals surface area contributed by atoms with Gasteiger partial charge in [0.1, 0.15) is 5.75 Å². The van der Waals surface area contributed by atoms with Gasteiger partial charge in [-0.15, -0.1) is 0 Å². The van der Waals surface area contributed by atoms with Gasteiger partial charge in [0.2, 0.25) is 5.91 Å². The average Bonchev–Trinajstić information content (AvgIpc) is 3.19. The molecule has 0 aromatic heterocycles. The van der Waals surface area contributed by atoms with Crippen molar-refractivity contribution in [3.8, 4) is 5.75 Å². The Hall–Kier alpha value is -1.54. The third-order valence-electron chi connectivity index (χ3n) is 6.34. The van der Waals surface area contributed by atoms with E-state index in [-0.39, 0.29) is 28.7 Å². The zero-order valence-electron chi connectivity index (χ0n) is 18.2. The second-order valence-corrected chi connectivity index (χ2v) is 12.2. The number of benzene rings is 1. The van der Waals surface area contributed by atoms with Gasteiger partial charge < -0.3 is 9.64 Å². The fraction of sp³-hybridized carbons (Fsp3) is 0.652. The summed E-state index contributed by atoms with van der Waals surface area (Å²) in [4.78, 5) is 19.2. The third-order valence-corrected chi connectivity index (χ3v) is 9.55. The van der Waals surface area contributed by atoms with Crippen LogP contribution in [0.3, 0.4) is 0 Å². The Morgan fingerprint density at radius 2 is 2.03 bits per heavy atom. The van der Waals surface area contributed by atoms with E-state index in [1.165, 1.54) is 31.0 Å². The van der Waals surface area contributed by atoms with Gasteiger partial charge in [0.25, 0.3) is 0 Å². The molecule has 31 heavy (non-hydrogen) atoms. The summed E-state index contributed by atoms with van der Waals surface area (Å²) in [7, 11) is -3.08. The number of aliphatic imine (C=N–C) groups is 1. The number of unbranched alkanes of at least 4 members (excludes halogenated alkanes) is 1. The number of hydrogen-bond acceptors (Lipinski definition) is 5. The molecule has 1 aliphatic carbocycles. The minimum atomic E-state index is -3.08. The number of ether oxygens (including phenoxy) is 1. The quantitative estimate of drug-likeness (QED) is 0.556. The summed E-state index contributed by atoms with van der Waals surface area (Å²) in [5, 5.41) is 0.548. The Bertz CT molecular complexity index is 925. The van der Waals surface area contributed by atoms with Gasteiger partial charge >= 0.3 is 0 Å². The van der Waals surface area contributed by atoms with Crippen molar-refractivity contribution in [1.82, 2.24) is 0 Å². The summed E-state index contributed by atoms with van der Waals surface area (Å²) in [6, 6.07) is 7.52. The lowest BCUT2D eigenvalue weighted by Gasteiger charge is -2.25. The SMILES string of the molecule is CCCCOc1cccc(N2C(=NC(=O)CC3CCCCC3)S[C@H]3CS(=O)(=O)C[C@@H]32)c1. The number of amides is 1. The van der Waals surface area contributed by atoms with Crippen LogP contribution in [0.5, 0.6) is 5.75 Å². The Kier molecular flexibility index (Phi) is 7.26. The number of rotatable bonds is 7. The maximum absolute atomic E-state index is 12.8. The van der Waals surface area contributed by atoms with Crippen molar-refractivity contribution < 1.29 is 17.9 Å². The molecular weight excluding hydrogens is 432 g/mol. The number of hydrogen-bond donors (Lipinski definition) is 0. The lowest BCUT2D eigenvalue weighted by atomic mass is 9.87. The van der Waals surface area contributed by atoms with Gasteiger partial charge in [-0.05, 0) is 37.3 Å². The highest BCUT2D eigenvalue weighted by Crippen LogP contribution is 2.42. The minimum absolute atomic E-state index is 0.0856. The molecule has 2 heterocycles. The molecule has 2 saturated heterocycles. The van der Waals surface area contributed by atoms with E-state index in [0.29, 0.717) is 24.1 Å². The van der Waals surface area contributed by atoms with E-state index < -0.39 is 9.84 Å². The van der Waals surface area contributed by atoms with Crippen LogP contribution in [0.4, 0.5) is 5.69 Å². The third kappa shape index (κ3) is 5.64. The number of sulfone groups is 1. The summed E-state index contributed by atoms with van der Waals surface area (Å²) >= 11 is 1.44. The first-order chi connectivity index (χ1) is 14.9. The van der Waals surface area contributed by atoms with E-state index in [1.54, 1.807) is 0 Å². The standard InChI is InChI=1S/C23H32N2O4S2/c1-2-3-12-29-19-11-7-10-18(14-19)25-20-15-31(27,28)16-21(20)30-23(25)24-22(26)13-17-8-5-4-6-9-17/h7,10-11,14,17,20-21H,2-6,8-9,12-13,15-16H2,1H3/t20-,21-/m0/s1. The molecule has 1 amide bonds. The van der Waals surface area contributed by atoms with Gasteiger partial charge in [0, 0.05) is 23.4 Å². The van der Waals surface area contributed by atoms with Gasteiger partial charge in [0.15, 0.2) is 15.0 Å². The minimum Gasteiger partial charge on any atom is -0.494 e. The number of thioether (sulfide) groups is 1. The van der Waals surface area contributed by atoms with Crippen LogP contribution in [0.1, 0.15) is 58.3 Å². The summed E-state index contributed by atoms with van der Waals surface area (Å²) in [6.07, 6.45) is 8.40. The van der Waals surface area contributed by atoms with Crippen LogP contribution in [0.15, 0.2) is 29.3 Å². The second-order valence-electron chi connectivity index (χ2n) is 8.87. The van der Waals surface area contributed by atoms with Crippen molar-refractivity contribution >= 4 is 38.4 Å². The molecule has 0 spiro atoms. The number of amidine groups is 1. The van der Waals surface area contributed by atoms with Crippen LogP contribution in [0.2, 0.25) is 0 Å². The molecule has 0 bridgehead atoms. The van der Waals surface area contributed by atoms with Crippen molar-refractivity contribution in [2.45, 2.75) is 69.6 Å². The molecule has 2 aliphatic heterocycles. The van der Waals surface area contributed by atoms with Gasteiger partial charge in [-0.3, -0.25) is 4.79 Å². The maximum atomic E-state index is 12.8. The van der Waals surface area contributed by atoms with E-state index in [9.17, 15) is 13.2 Å². The van der Waals surface area contributed by atoms with E-state index in [1.807, 2.05) is 29.2 Å². The Balaban J connectivity index is 1.56. The predicted molar refractivity (Wildman–Crippen MR) is 127 cm³/mol. The van der Waals surface area contributed by atoms with Crippen LogP contribution < -0.4 is 9.64 Å². The van der Waals surface area contributed by atoms with Crippen LogP contribution in [-0.2, 0) is 14.6 Å². The van der Waals surface area contributed by atoms with E-state index in [0.717, 1.165) is 37.1 Å². The lowest BCUT2D eigenvalue weighted by Crippen LogP contribution is -2.37. The Morgan fingerprint density at radius 3 is 2.81 bits per heavy atom. The molecule has 0 unspecified atom stereocenters. The van der Waals surface area contributed by atoms with Crippen molar-refractivity contribution in [3.05, 3.63) is 24.3 Å². The predicted octanol–water partition coefficient (Wildman–Crippen LogP) is 4.44. The zero-order valence-corrected chi connectivity index (χ0v) is 19.8. The molecule has 1 aromatic carbocycles. The molecule has 8 heteroatoms. The van der Waals surface area contributed by atoms with Gasteiger partial charge in [-0.25, -0.2) is 8.42 Å². The number of anilines is 1. The molecule has 0 radical (unpaired) electrons. The zero-order chi connectivity index (χ0) is 21.8. The fourth-order valence-corrected chi connectivity index (χ4v) is 8.65. The lowest BCUT2D eigenvalue weighted by molar-refractivity contribution is -0.118. The topological polar surface area (TPSA) is 76.0 Å². The van der Waals surface area contributed by atoms with E-state index in [4.69, 9.17) is 4.74 Å². The molecule has 1 saturated carbocycles. The van der Waals surface area contributed by atoms with Crippen molar-refractivity contribution in [2.24, 2.45) is 10.9 Å². The molecule has 2 atom stereocenters. The van der Waals surface area contributed by atoms with Crippen molar-refractivity contribution in [3.63, 3.8) is 0 Å². The molecule has 170 valence electrons. The highest BCUT2D eigenvalue weighted by Gasteiger charge is 2.49. The average molecular weight is 465 g/mol. The van der Waals surface area contributed by atoms with Gasteiger partial charge in [-0.1, -0.05) is 50.4 Å². The monoisotopic (exact) mass is 464 g/mol. The first kappa shape index (κ1) is 22.6. The number of carbonyl (C=O) groups excluding carboxylic acids is 1. The molecule has 0 N–H and O–H groups in total. The molecule has 6 nitrogen and oxygen atoms in total. The van der Waals surface area contributed by atoms with Crippen molar-refractivity contribution in [1.29, 1.82) is 0 Å². The van der Waals surface area contributed by atoms with E-state index >= 15 is 0 Å². The van der Waals surface area contributed by atoms with Crippen molar-refractivity contribution in [2.75, 3.05) is 23.0 Å². The molecule has 3 aliphatic rings. The highest BCUT2D eigenvalue weighted by atomic mass is 32.2. The first-order valence-corrected chi connectivity index (χ1v) is 14.2. The van der Waals surface area contributed by atoms with Crippen LogP contribution >= 0.6 is 11.8 Å². The smallest absolute Gasteiger partial charge is 0.248 e.